The number of anilines is 2. The maximum atomic E-state index is 14.8. The van der Waals surface area contributed by atoms with Gasteiger partial charge in [0.05, 0.1) is 56.9 Å². The van der Waals surface area contributed by atoms with Crippen LogP contribution in [0.15, 0.2) is 37.2 Å². The summed E-state index contributed by atoms with van der Waals surface area (Å²) in [6.07, 6.45) is 0.205. The Morgan fingerprint density at radius 1 is 1.33 bits per heavy atom. The SMILES string of the molecule is [2H]c1nc2[13c]([13C](=O)Nc3cncc(F)c3-c3c([2H])nc([2H])n3C([2H])([2H])[2H])c(N)nn2cc1F. The van der Waals surface area contributed by atoms with Gasteiger partial charge in [-0.2, -0.15) is 0 Å². The van der Waals surface area contributed by atoms with E-state index in [1.54, 1.807) is 0 Å². The highest BCUT2D eigenvalue weighted by atomic mass is 19.1. The number of nitrogen functional groups attached to an aromatic ring is 1. The van der Waals surface area contributed by atoms with Crippen LogP contribution in [-0.4, -0.2) is 35.0 Å². The number of pyridine rings is 1. The number of imidazole rings is 1. The van der Waals surface area contributed by atoms with Crippen LogP contribution in [0.1, 0.15) is 18.6 Å². The molecule has 0 aliphatic heterocycles. The van der Waals surface area contributed by atoms with Crippen molar-refractivity contribution in [1.29, 1.82) is 0 Å². The minimum absolute atomic E-state index is 0.260. The van der Waals surface area contributed by atoms with Gasteiger partial charge in [0.1, 0.15) is 6.93 Å². The van der Waals surface area contributed by atoms with Gasteiger partial charge in [-0.1, -0.05) is 0 Å². The summed E-state index contributed by atoms with van der Waals surface area (Å²) in [5.74, 6) is -3.50. The Bertz CT molecular complexity index is 1430. The first kappa shape index (κ1) is 11.0. The van der Waals surface area contributed by atoms with Crippen molar-refractivity contribution in [2.45, 2.75) is 0 Å². The summed E-state index contributed by atoms with van der Waals surface area (Å²) < 4.78 is 75.7. The zero-order valence-corrected chi connectivity index (χ0v) is 13.2. The van der Waals surface area contributed by atoms with E-state index in [0.717, 1.165) is 23.1 Å². The summed E-state index contributed by atoms with van der Waals surface area (Å²) in [6.45, 7) is -2.99. The van der Waals surface area contributed by atoms with Gasteiger partial charge in [0.2, 0.25) is 0 Å². The molecule has 136 valence electrons. The van der Waals surface area contributed by atoms with Crippen molar-refractivity contribution in [3.8, 4) is 11.3 Å². The Kier molecular flexibility index (Phi) is 2.49. The second-order valence-corrected chi connectivity index (χ2v) is 5.23. The largest absolute Gasteiger partial charge is 0.381 e. The third-order valence-electron chi connectivity index (χ3n) is 3.56. The first-order valence-electron chi connectivity index (χ1n) is 10.2. The van der Waals surface area contributed by atoms with E-state index >= 15 is 0 Å². The Morgan fingerprint density at radius 2 is 2.19 bits per heavy atom. The van der Waals surface area contributed by atoms with Crippen LogP contribution in [-0.2, 0) is 6.98 Å². The fraction of sp³-hybridized carbons (Fsp3) is 0.0625. The molecule has 0 saturated carbocycles. The number of nitrogens with two attached hydrogens (primary N) is 1. The molecule has 4 aromatic heterocycles. The molecule has 0 fully saturated rings. The average Bonchev–Trinajstić information content (AvgIpc) is 3.16. The molecule has 11 heteroatoms. The number of aromatic nitrogens is 6. The van der Waals surface area contributed by atoms with Crippen molar-refractivity contribution in [1.82, 2.24) is 29.1 Å². The molecule has 9 nitrogen and oxygen atoms in total. The van der Waals surface area contributed by atoms with Crippen molar-refractivity contribution >= 4 is 23.1 Å². The van der Waals surface area contributed by atoms with Crippen LogP contribution < -0.4 is 11.1 Å². The van der Waals surface area contributed by atoms with Crippen molar-refractivity contribution in [3.63, 3.8) is 0 Å². The maximum Gasteiger partial charge on any atom is 0.263 e. The van der Waals surface area contributed by atoms with Crippen molar-refractivity contribution in [3.05, 3.63) is 54.4 Å². The topological polar surface area (TPSA) is 116 Å². The minimum Gasteiger partial charge on any atom is -0.381 e. The van der Waals surface area contributed by atoms with Gasteiger partial charge in [0.15, 0.2) is 23.1 Å². The first-order valence-corrected chi connectivity index (χ1v) is 7.22. The van der Waals surface area contributed by atoms with Crippen LogP contribution in [0.3, 0.4) is 0 Å². The van der Waals surface area contributed by atoms with E-state index in [1.165, 1.54) is 0 Å². The third-order valence-corrected chi connectivity index (χ3v) is 3.56. The normalized spacial score (nSPS) is 14.7. The van der Waals surface area contributed by atoms with E-state index in [2.05, 4.69) is 25.4 Å². The number of hydrogen-bond donors (Lipinski definition) is 2. The summed E-state index contributed by atoms with van der Waals surface area (Å²) in [5, 5.41) is 6.05. The lowest BCUT2D eigenvalue weighted by Gasteiger charge is -2.11. The van der Waals surface area contributed by atoms with Crippen molar-refractivity contribution in [2.24, 2.45) is 6.98 Å². The number of nitrogens with zero attached hydrogens (tertiary/aromatic N) is 6. The molecule has 0 spiro atoms. The smallest absolute Gasteiger partial charge is 0.263 e. The van der Waals surface area contributed by atoms with Crippen LogP contribution >= 0.6 is 0 Å². The number of fused-ring (bicyclic) bond motifs is 1. The molecule has 4 rings (SSSR count). The average molecular weight is 378 g/mol. The lowest BCUT2D eigenvalue weighted by molar-refractivity contribution is 0.102. The van der Waals surface area contributed by atoms with Crippen molar-refractivity contribution in [2.75, 3.05) is 11.1 Å². The van der Waals surface area contributed by atoms with Gasteiger partial charge in [0.25, 0.3) is 5.91 Å². The zero-order valence-electron chi connectivity index (χ0n) is 19.2. The predicted molar refractivity (Wildman–Crippen MR) is 91.7 cm³/mol. The molecule has 3 N–H and O–H groups in total. The van der Waals surface area contributed by atoms with Gasteiger partial charge in [-0.25, -0.2) is 23.3 Å². The van der Waals surface area contributed by atoms with Crippen LogP contribution in [0.5, 0.6) is 0 Å². The van der Waals surface area contributed by atoms with Gasteiger partial charge in [-0.05, 0) is 0 Å². The third kappa shape index (κ3) is 2.74. The Balaban J connectivity index is 1.86. The second-order valence-electron chi connectivity index (χ2n) is 5.23. The Morgan fingerprint density at radius 3 is 3.00 bits per heavy atom. The molecular weight excluding hydrogens is 360 g/mol. The van der Waals surface area contributed by atoms with Gasteiger partial charge in [0, 0.05) is 11.1 Å². The monoisotopic (exact) mass is 378 g/mol. The molecular formula is C16H12F2N8O. The predicted octanol–water partition coefficient (Wildman–Crippen LogP) is 1.64. The van der Waals surface area contributed by atoms with Crippen LogP contribution in [0, 0.1) is 11.6 Å². The van der Waals surface area contributed by atoms with Gasteiger partial charge in [-0.3, -0.25) is 9.78 Å². The molecule has 27 heavy (non-hydrogen) atoms. The lowest BCUT2D eigenvalue weighted by atomic mass is 10.1. The molecule has 4 aromatic rings. The zero-order chi connectivity index (χ0) is 24.2. The lowest BCUT2D eigenvalue weighted by Crippen LogP contribution is -2.15. The molecule has 0 aliphatic carbocycles. The van der Waals surface area contributed by atoms with Crippen LogP contribution in [0.4, 0.5) is 20.3 Å². The second kappa shape index (κ2) is 6.12. The standard InChI is InChI=1S/C16H12F2N8O/c1-25-7-21-5-11(25)12-9(18)3-20-4-10(12)23-16(27)13-14(19)24-26-6-8(17)2-22-15(13)26/h2-7H,1H3,(H2,19,24)(H,23,27)/i1D3,2D,5D,7D,13+1,16+1. The number of carbonyl (C=O) groups excluding carboxylic acids is 1. The Labute approximate surface area is 158 Å². The molecule has 0 unspecified atom stereocenters. The van der Waals surface area contributed by atoms with Crippen LogP contribution in [0.25, 0.3) is 16.9 Å². The highest BCUT2D eigenvalue weighted by Gasteiger charge is 2.22. The quantitative estimate of drug-likeness (QED) is 0.524. The van der Waals surface area contributed by atoms with E-state index < -0.39 is 54.4 Å². The molecule has 0 aromatic carbocycles. The molecule has 0 aliphatic rings. The highest BCUT2D eigenvalue weighted by molar-refractivity contribution is 6.12. The van der Waals surface area contributed by atoms with Gasteiger partial charge >= 0.3 is 0 Å². The number of hydrogen-bond acceptors (Lipinski definition) is 6. The summed E-state index contributed by atoms with van der Waals surface area (Å²) >= 11 is 0. The number of carbonyl (C=O) groups is 1. The van der Waals surface area contributed by atoms with Crippen LogP contribution in [0.2, 0.25) is 0 Å². The summed E-state index contributed by atoms with van der Waals surface area (Å²) in [7, 11) is 0. The molecule has 4 heterocycles. The highest BCUT2D eigenvalue weighted by Crippen LogP contribution is 2.30. The van der Waals surface area contributed by atoms with E-state index in [9.17, 15) is 13.6 Å². The molecule has 0 atom stereocenters. The minimum atomic E-state index is -2.99. The molecule has 0 bridgehead atoms. The van der Waals surface area contributed by atoms with Gasteiger partial charge in [-0.15, -0.1) is 5.10 Å². The molecule has 0 saturated heterocycles. The van der Waals surface area contributed by atoms with E-state index in [-0.39, 0.29) is 22.7 Å². The van der Waals surface area contributed by atoms with E-state index in [1.807, 2.05) is 0 Å². The molecule has 1 amide bonds. The maximum absolute atomic E-state index is 14.8. The number of nitrogens with one attached hydrogen (secondary N) is 1. The summed E-state index contributed by atoms with van der Waals surface area (Å²) in [4.78, 5) is 23.7. The Hall–Kier alpha value is -3.89. The first-order chi connectivity index (χ1) is 15.4. The fourth-order valence-electron chi connectivity index (χ4n) is 2.45. The van der Waals surface area contributed by atoms with Gasteiger partial charge < -0.3 is 15.6 Å². The fourth-order valence-corrected chi connectivity index (χ4v) is 2.45. The number of rotatable bonds is 3. The number of halogens is 2. The summed E-state index contributed by atoms with van der Waals surface area (Å²) in [6, 6.07) is 0. The number of amides is 1. The summed E-state index contributed by atoms with van der Waals surface area (Å²) in [5.41, 5.74) is 3.61. The van der Waals surface area contributed by atoms with E-state index in [0.29, 0.717) is 4.57 Å². The van der Waals surface area contributed by atoms with E-state index in [4.69, 9.17) is 14.0 Å². The molecule has 0 radical (unpaired) electrons. The van der Waals surface area contributed by atoms with Crippen molar-refractivity contribution < 1.29 is 21.8 Å².